The first-order valence-corrected chi connectivity index (χ1v) is 25.2. The van der Waals surface area contributed by atoms with E-state index in [-0.39, 0.29) is 29.6 Å². The summed E-state index contributed by atoms with van der Waals surface area (Å²) in [6.07, 6.45) is -3.18. The number of ether oxygens (including phenoxy) is 6. The van der Waals surface area contributed by atoms with Crippen molar-refractivity contribution in [3.63, 3.8) is 0 Å². The maximum absolute atomic E-state index is 14.4. The second-order valence-electron chi connectivity index (χ2n) is 17.4. The zero-order valence-electron chi connectivity index (χ0n) is 38.0. The van der Waals surface area contributed by atoms with Gasteiger partial charge >= 0.3 is 19.3 Å². The van der Waals surface area contributed by atoms with E-state index < -0.39 is 60.4 Å². The van der Waals surface area contributed by atoms with Gasteiger partial charge in [0.2, 0.25) is 0 Å². The van der Waals surface area contributed by atoms with Crippen LogP contribution in [0.2, 0.25) is 0 Å². The molecule has 1 aromatic heterocycles. The second kappa shape index (κ2) is 21.2. The van der Waals surface area contributed by atoms with Gasteiger partial charge in [-0.15, -0.1) is 0 Å². The molecule has 17 heteroatoms. The number of H-pyrrole nitrogens is 1. The number of rotatable bonds is 19. The SMILES string of the molecule is COc1ccc(C(OCc2ccc(OP(C)(=O)O[C@H]3[C@@H](OCSSC(C)(C)C)[C@H](n4ccc(=O)[nH]c4=O)O[C@@H]3COC(=O)C(C)(C)C)cc2)(c2ccccc2)c2ccc(OC)cc2)cc1. The monoisotopic (exact) mass is 948 g/mol. The third-order valence-corrected chi connectivity index (χ3v) is 14.3. The van der Waals surface area contributed by atoms with Crippen molar-refractivity contribution in [3.8, 4) is 17.2 Å². The first kappa shape index (κ1) is 49.6. The molecule has 0 saturated carbocycles. The molecule has 5 atom stereocenters. The minimum absolute atomic E-state index is 0.0954. The number of aromatic amines is 1. The molecule has 6 rings (SSSR count). The third-order valence-electron chi connectivity index (χ3n) is 10.2. The summed E-state index contributed by atoms with van der Waals surface area (Å²) >= 11 is 0. The fraction of sp³-hybridized carbons (Fsp3) is 0.396. The fourth-order valence-electron chi connectivity index (χ4n) is 7.03. The number of hydrogen-bond donors (Lipinski definition) is 1. The van der Waals surface area contributed by atoms with Gasteiger partial charge in [-0.25, -0.2) is 9.36 Å². The topological polar surface area (TPSA) is 163 Å². The number of carbonyl (C=O) groups is 1. The van der Waals surface area contributed by atoms with Crippen LogP contribution in [0.25, 0.3) is 0 Å². The van der Waals surface area contributed by atoms with Crippen LogP contribution in [0.1, 0.15) is 70.0 Å². The van der Waals surface area contributed by atoms with Gasteiger partial charge in [-0.2, -0.15) is 0 Å². The summed E-state index contributed by atoms with van der Waals surface area (Å²) in [6, 6.07) is 33.7. The van der Waals surface area contributed by atoms with E-state index >= 15 is 0 Å². The second-order valence-corrected chi connectivity index (χ2v) is 22.4. The lowest BCUT2D eigenvalue weighted by molar-refractivity contribution is -0.159. The molecular weight excluding hydrogens is 892 g/mol. The molecule has 4 aromatic carbocycles. The van der Waals surface area contributed by atoms with E-state index in [0.29, 0.717) is 11.5 Å². The average Bonchev–Trinajstić information content (AvgIpc) is 3.59. The first-order chi connectivity index (χ1) is 30.8. The van der Waals surface area contributed by atoms with Crippen molar-refractivity contribution in [2.75, 3.05) is 33.4 Å². The standard InChI is InChI=1S/C48H57N2O12PS2/c1-46(2,3)44(52)57-30-39-41(42(58-31-64-65-47(4,5)6)43(60-39)50-28-27-40(51)49-45(50)53)62-63(9,54)61-38-21-15-32(16-22-38)29-59-48(33-13-11-10-12-14-33,34-17-23-36(55-7)24-18-34)35-19-25-37(56-8)26-20-35/h10-28,39,41-43H,29-31H2,1-9H3,(H,49,51,53)/t39-,41-,42-,43-,63?/m1/s1. The van der Waals surface area contributed by atoms with E-state index in [1.807, 2.05) is 91.0 Å². The molecule has 1 aliphatic rings. The van der Waals surface area contributed by atoms with Crippen molar-refractivity contribution in [1.82, 2.24) is 9.55 Å². The normalized spacial score (nSPS) is 18.7. The molecule has 65 heavy (non-hydrogen) atoms. The molecule has 0 aliphatic carbocycles. The number of carbonyl (C=O) groups excluding carboxylic acids is 1. The van der Waals surface area contributed by atoms with Crippen molar-refractivity contribution in [1.29, 1.82) is 0 Å². The highest BCUT2D eigenvalue weighted by Crippen LogP contribution is 2.50. The summed E-state index contributed by atoms with van der Waals surface area (Å²) in [4.78, 5) is 40.3. The summed E-state index contributed by atoms with van der Waals surface area (Å²) < 4.78 is 64.2. The lowest BCUT2D eigenvalue weighted by Crippen LogP contribution is -2.41. The molecule has 0 radical (unpaired) electrons. The molecule has 1 fully saturated rings. The Hall–Kier alpha value is -4.80. The van der Waals surface area contributed by atoms with Crippen LogP contribution in [0, 0.1) is 5.41 Å². The molecule has 2 heterocycles. The van der Waals surface area contributed by atoms with Crippen molar-refractivity contribution >= 4 is 35.2 Å². The number of hydrogen-bond acceptors (Lipinski definition) is 14. The van der Waals surface area contributed by atoms with Crippen LogP contribution in [0.3, 0.4) is 0 Å². The van der Waals surface area contributed by atoms with Gasteiger partial charge in [0.25, 0.3) is 5.56 Å². The van der Waals surface area contributed by atoms with Gasteiger partial charge in [0.15, 0.2) is 6.23 Å². The maximum atomic E-state index is 14.4. The van der Waals surface area contributed by atoms with E-state index in [4.69, 9.17) is 37.5 Å². The Labute approximate surface area is 387 Å². The van der Waals surface area contributed by atoms with Crippen LogP contribution >= 0.6 is 29.2 Å². The minimum atomic E-state index is -4.02. The minimum Gasteiger partial charge on any atom is -0.497 e. The van der Waals surface area contributed by atoms with Gasteiger partial charge in [-0.3, -0.25) is 23.7 Å². The Kier molecular flexibility index (Phi) is 16.2. The molecule has 5 aromatic rings. The summed E-state index contributed by atoms with van der Waals surface area (Å²) in [5, 5.41) is 0. The number of esters is 1. The Morgan fingerprint density at radius 3 is 1.88 bits per heavy atom. The van der Waals surface area contributed by atoms with E-state index in [1.165, 1.54) is 29.7 Å². The molecule has 0 spiro atoms. The fourth-order valence-corrected chi connectivity index (χ4v) is 10.3. The van der Waals surface area contributed by atoms with Crippen LogP contribution in [0.15, 0.2) is 125 Å². The molecule has 1 unspecified atom stereocenters. The molecule has 1 aliphatic heterocycles. The molecule has 1 saturated heterocycles. The molecule has 1 N–H and O–H groups in total. The van der Waals surface area contributed by atoms with Crippen molar-refractivity contribution in [2.24, 2.45) is 5.41 Å². The molecule has 0 bridgehead atoms. The number of benzene rings is 4. The highest BCUT2D eigenvalue weighted by atomic mass is 33.1. The highest BCUT2D eigenvalue weighted by Gasteiger charge is 2.51. The van der Waals surface area contributed by atoms with Gasteiger partial charge in [0, 0.05) is 23.7 Å². The Balaban J connectivity index is 1.26. The Morgan fingerprint density at radius 1 is 0.769 bits per heavy atom. The maximum Gasteiger partial charge on any atom is 0.376 e. The van der Waals surface area contributed by atoms with Gasteiger partial charge in [-0.1, -0.05) is 109 Å². The Morgan fingerprint density at radius 2 is 1.34 bits per heavy atom. The van der Waals surface area contributed by atoms with Crippen LogP contribution in [0.4, 0.5) is 0 Å². The summed E-state index contributed by atoms with van der Waals surface area (Å²) in [5.41, 5.74) is 0.210. The zero-order valence-corrected chi connectivity index (χ0v) is 40.5. The van der Waals surface area contributed by atoms with E-state index in [2.05, 4.69) is 25.8 Å². The number of aromatic nitrogens is 2. The predicted molar refractivity (Wildman–Crippen MR) is 253 cm³/mol. The molecule has 348 valence electrons. The predicted octanol–water partition coefficient (Wildman–Crippen LogP) is 9.36. The van der Waals surface area contributed by atoms with Crippen molar-refractivity contribution in [3.05, 3.63) is 158 Å². The summed E-state index contributed by atoms with van der Waals surface area (Å²) in [7, 11) is 2.24. The summed E-state index contributed by atoms with van der Waals surface area (Å²) in [6.45, 7) is 12.5. The number of methoxy groups -OCH3 is 2. The largest absolute Gasteiger partial charge is 0.497 e. The van der Waals surface area contributed by atoms with E-state index in [1.54, 1.807) is 57.9 Å². The van der Waals surface area contributed by atoms with Crippen LogP contribution in [-0.4, -0.2) is 72.0 Å². The van der Waals surface area contributed by atoms with E-state index in [9.17, 15) is 18.9 Å². The van der Waals surface area contributed by atoms with Gasteiger partial charge < -0.3 is 32.9 Å². The van der Waals surface area contributed by atoms with Gasteiger partial charge in [0.05, 0.1) is 26.2 Å². The number of nitrogens with one attached hydrogen (secondary N) is 1. The molecular formula is C48H57N2O12PS2. The van der Waals surface area contributed by atoms with Crippen molar-refractivity contribution in [2.45, 2.75) is 83.0 Å². The highest BCUT2D eigenvalue weighted by molar-refractivity contribution is 8.77. The van der Waals surface area contributed by atoms with Crippen molar-refractivity contribution < 1.29 is 46.8 Å². The first-order valence-electron chi connectivity index (χ1n) is 20.9. The molecule has 0 amide bonds. The molecule has 14 nitrogen and oxygen atoms in total. The lowest BCUT2D eigenvalue weighted by Gasteiger charge is -2.36. The van der Waals surface area contributed by atoms with Gasteiger partial charge in [-0.05, 0) is 79.4 Å². The van der Waals surface area contributed by atoms with Crippen LogP contribution in [0.5, 0.6) is 17.2 Å². The lowest BCUT2D eigenvalue weighted by atomic mass is 9.80. The zero-order chi connectivity index (χ0) is 47.0. The van der Waals surface area contributed by atoms with Crippen LogP contribution in [-0.2, 0) is 45.0 Å². The summed E-state index contributed by atoms with van der Waals surface area (Å²) in [5.74, 6) is 1.28. The average molecular weight is 949 g/mol. The Bertz CT molecular complexity index is 2460. The quantitative estimate of drug-likeness (QED) is 0.0208. The smallest absolute Gasteiger partial charge is 0.376 e. The van der Waals surface area contributed by atoms with Gasteiger partial charge in [0.1, 0.15) is 53.7 Å². The number of nitrogens with zero attached hydrogens (tertiary/aromatic N) is 1. The van der Waals surface area contributed by atoms with Crippen LogP contribution < -0.4 is 25.2 Å². The van der Waals surface area contributed by atoms with E-state index in [0.717, 1.165) is 26.8 Å². The third kappa shape index (κ3) is 12.8.